The molecule has 3 rings (SSSR count). The van der Waals surface area contributed by atoms with E-state index < -0.39 is 0 Å². The van der Waals surface area contributed by atoms with Crippen molar-refractivity contribution in [3.8, 4) is 0 Å². The van der Waals surface area contributed by atoms with Crippen LogP contribution >= 0.6 is 0 Å². The van der Waals surface area contributed by atoms with Gasteiger partial charge in [0, 0.05) is 36.9 Å². The molecular formula is C17H24N4. The predicted molar refractivity (Wildman–Crippen MR) is 88.7 cm³/mol. The molecule has 0 aliphatic carbocycles. The predicted octanol–water partition coefficient (Wildman–Crippen LogP) is 2.10. The van der Waals surface area contributed by atoms with E-state index in [-0.39, 0.29) is 0 Å². The molecule has 21 heavy (non-hydrogen) atoms. The van der Waals surface area contributed by atoms with E-state index in [1.807, 2.05) is 6.20 Å². The first-order valence-electron chi connectivity index (χ1n) is 7.89. The molecule has 0 unspecified atom stereocenters. The molecule has 0 amide bonds. The van der Waals surface area contributed by atoms with E-state index in [0.717, 1.165) is 44.7 Å². The van der Waals surface area contributed by atoms with E-state index in [1.54, 1.807) is 0 Å². The average molecular weight is 284 g/mol. The van der Waals surface area contributed by atoms with E-state index in [4.69, 9.17) is 5.73 Å². The molecule has 1 fully saturated rings. The van der Waals surface area contributed by atoms with Gasteiger partial charge in [-0.1, -0.05) is 18.2 Å². The van der Waals surface area contributed by atoms with Crippen molar-refractivity contribution in [3.05, 3.63) is 36.5 Å². The highest BCUT2D eigenvalue weighted by Crippen LogP contribution is 2.25. The summed E-state index contributed by atoms with van der Waals surface area (Å²) >= 11 is 0. The van der Waals surface area contributed by atoms with Crippen molar-refractivity contribution in [1.82, 2.24) is 9.88 Å². The van der Waals surface area contributed by atoms with Crippen molar-refractivity contribution in [3.63, 3.8) is 0 Å². The number of rotatable bonds is 4. The van der Waals surface area contributed by atoms with Crippen LogP contribution in [-0.4, -0.2) is 49.2 Å². The maximum atomic E-state index is 5.62. The van der Waals surface area contributed by atoms with Crippen molar-refractivity contribution in [2.75, 3.05) is 44.2 Å². The average Bonchev–Trinajstić information content (AvgIpc) is 2.78. The highest BCUT2D eigenvalue weighted by Gasteiger charge is 2.16. The number of hydrogen-bond donors (Lipinski definition) is 1. The van der Waals surface area contributed by atoms with Crippen LogP contribution in [0.25, 0.3) is 10.9 Å². The Bertz CT molecular complexity index is 579. The number of pyridine rings is 1. The molecule has 1 aliphatic heterocycles. The first kappa shape index (κ1) is 14.3. The second kappa shape index (κ2) is 6.87. The SMILES string of the molecule is NCCCN1CCCN(c2ccnc3ccccc23)CC1. The fourth-order valence-electron chi connectivity index (χ4n) is 3.11. The molecule has 2 N–H and O–H groups in total. The summed E-state index contributed by atoms with van der Waals surface area (Å²) in [6, 6.07) is 10.6. The van der Waals surface area contributed by atoms with Crippen molar-refractivity contribution < 1.29 is 0 Å². The number of anilines is 1. The minimum absolute atomic E-state index is 0.787. The zero-order chi connectivity index (χ0) is 14.5. The summed E-state index contributed by atoms with van der Waals surface area (Å²) in [6.07, 6.45) is 4.23. The van der Waals surface area contributed by atoms with Gasteiger partial charge in [-0.2, -0.15) is 0 Å². The van der Waals surface area contributed by atoms with E-state index in [9.17, 15) is 0 Å². The van der Waals surface area contributed by atoms with Crippen LogP contribution in [0.1, 0.15) is 12.8 Å². The summed E-state index contributed by atoms with van der Waals surface area (Å²) in [5.74, 6) is 0. The molecule has 1 aromatic heterocycles. The monoisotopic (exact) mass is 284 g/mol. The van der Waals surface area contributed by atoms with Crippen molar-refractivity contribution in [1.29, 1.82) is 0 Å². The normalized spacial score (nSPS) is 17.1. The van der Waals surface area contributed by atoms with E-state index in [1.165, 1.54) is 24.0 Å². The van der Waals surface area contributed by atoms with E-state index >= 15 is 0 Å². The second-order valence-electron chi connectivity index (χ2n) is 5.67. The van der Waals surface area contributed by atoms with Gasteiger partial charge >= 0.3 is 0 Å². The Hall–Kier alpha value is -1.65. The van der Waals surface area contributed by atoms with E-state index in [2.05, 4.69) is 45.1 Å². The number of para-hydroxylation sites is 1. The molecule has 4 heteroatoms. The summed E-state index contributed by atoms with van der Waals surface area (Å²) in [7, 11) is 0. The summed E-state index contributed by atoms with van der Waals surface area (Å²) in [5.41, 5.74) is 8.02. The summed E-state index contributed by atoms with van der Waals surface area (Å²) in [6.45, 7) is 6.42. The maximum absolute atomic E-state index is 5.62. The van der Waals surface area contributed by atoms with Crippen LogP contribution in [-0.2, 0) is 0 Å². The van der Waals surface area contributed by atoms with E-state index in [0.29, 0.717) is 0 Å². The van der Waals surface area contributed by atoms with Gasteiger partial charge in [-0.15, -0.1) is 0 Å². The van der Waals surface area contributed by atoms with Crippen LogP contribution in [0.5, 0.6) is 0 Å². The number of fused-ring (bicyclic) bond motifs is 1. The number of hydrogen-bond acceptors (Lipinski definition) is 4. The second-order valence-corrected chi connectivity index (χ2v) is 5.67. The Morgan fingerprint density at radius 3 is 2.86 bits per heavy atom. The molecule has 2 aromatic rings. The summed E-state index contributed by atoms with van der Waals surface area (Å²) < 4.78 is 0. The molecule has 1 saturated heterocycles. The summed E-state index contributed by atoms with van der Waals surface area (Å²) in [4.78, 5) is 9.51. The number of aromatic nitrogens is 1. The molecule has 112 valence electrons. The lowest BCUT2D eigenvalue weighted by atomic mass is 10.1. The number of nitrogens with two attached hydrogens (primary N) is 1. The Morgan fingerprint density at radius 1 is 1.05 bits per heavy atom. The Labute approximate surface area is 126 Å². The Balaban J connectivity index is 1.77. The Kier molecular flexibility index (Phi) is 4.68. The first-order valence-corrected chi connectivity index (χ1v) is 7.89. The lowest BCUT2D eigenvalue weighted by molar-refractivity contribution is 0.291. The van der Waals surface area contributed by atoms with Gasteiger partial charge in [-0.05, 0) is 44.6 Å². The molecule has 4 nitrogen and oxygen atoms in total. The first-order chi connectivity index (χ1) is 10.4. The van der Waals surface area contributed by atoms with Gasteiger partial charge in [0.15, 0.2) is 0 Å². The van der Waals surface area contributed by atoms with Crippen LogP contribution in [0.4, 0.5) is 5.69 Å². The highest BCUT2D eigenvalue weighted by molar-refractivity contribution is 5.91. The fraction of sp³-hybridized carbons (Fsp3) is 0.471. The van der Waals surface area contributed by atoms with Crippen molar-refractivity contribution in [2.45, 2.75) is 12.8 Å². The highest BCUT2D eigenvalue weighted by atomic mass is 15.2. The quantitative estimate of drug-likeness (QED) is 0.934. The molecular weight excluding hydrogens is 260 g/mol. The van der Waals surface area contributed by atoms with Gasteiger partial charge in [0.2, 0.25) is 0 Å². The van der Waals surface area contributed by atoms with Crippen LogP contribution in [0.3, 0.4) is 0 Å². The zero-order valence-corrected chi connectivity index (χ0v) is 12.5. The molecule has 0 spiro atoms. The smallest absolute Gasteiger partial charge is 0.0722 e. The van der Waals surface area contributed by atoms with Gasteiger partial charge in [-0.25, -0.2) is 0 Å². The molecule has 2 heterocycles. The Morgan fingerprint density at radius 2 is 1.95 bits per heavy atom. The maximum Gasteiger partial charge on any atom is 0.0722 e. The third kappa shape index (κ3) is 3.34. The van der Waals surface area contributed by atoms with Crippen LogP contribution < -0.4 is 10.6 Å². The zero-order valence-electron chi connectivity index (χ0n) is 12.5. The van der Waals surface area contributed by atoms with Crippen molar-refractivity contribution >= 4 is 16.6 Å². The van der Waals surface area contributed by atoms with Gasteiger partial charge in [-0.3, -0.25) is 4.98 Å². The lowest BCUT2D eigenvalue weighted by Crippen LogP contribution is -2.32. The van der Waals surface area contributed by atoms with Gasteiger partial charge in [0.1, 0.15) is 0 Å². The molecule has 0 radical (unpaired) electrons. The van der Waals surface area contributed by atoms with Crippen LogP contribution in [0, 0.1) is 0 Å². The summed E-state index contributed by atoms with van der Waals surface area (Å²) in [5, 5.41) is 1.26. The fourth-order valence-corrected chi connectivity index (χ4v) is 3.11. The third-order valence-corrected chi connectivity index (χ3v) is 4.23. The topological polar surface area (TPSA) is 45.4 Å². The molecule has 0 saturated carbocycles. The van der Waals surface area contributed by atoms with Gasteiger partial charge in [0.05, 0.1) is 5.52 Å². The van der Waals surface area contributed by atoms with Gasteiger partial charge < -0.3 is 15.5 Å². The van der Waals surface area contributed by atoms with Gasteiger partial charge in [0.25, 0.3) is 0 Å². The van der Waals surface area contributed by atoms with Crippen LogP contribution in [0.15, 0.2) is 36.5 Å². The minimum atomic E-state index is 0.787. The number of benzene rings is 1. The van der Waals surface area contributed by atoms with Crippen LogP contribution in [0.2, 0.25) is 0 Å². The molecule has 1 aliphatic rings. The molecule has 1 aromatic carbocycles. The lowest BCUT2D eigenvalue weighted by Gasteiger charge is -2.24. The third-order valence-electron chi connectivity index (χ3n) is 4.23. The molecule has 0 bridgehead atoms. The largest absolute Gasteiger partial charge is 0.370 e. The molecule has 0 atom stereocenters. The minimum Gasteiger partial charge on any atom is -0.370 e. The van der Waals surface area contributed by atoms with Crippen molar-refractivity contribution in [2.24, 2.45) is 5.73 Å². The number of nitrogens with zero attached hydrogens (tertiary/aromatic N) is 3. The standard InChI is InChI=1S/C17H24N4/c18-8-3-10-20-11-4-12-21(14-13-20)17-7-9-19-16-6-2-1-5-15(16)17/h1-2,5-7,9H,3-4,8,10-14,18H2.